The van der Waals surface area contributed by atoms with Crippen molar-refractivity contribution >= 4 is 22.9 Å². The third-order valence-corrected chi connectivity index (χ3v) is 3.58. The molecular formula is C17H20N2OS. The molecule has 0 amide bonds. The van der Waals surface area contributed by atoms with Gasteiger partial charge in [0.25, 0.3) is 0 Å². The zero-order valence-electron chi connectivity index (χ0n) is 12.4. The summed E-state index contributed by atoms with van der Waals surface area (Å²) in [6, 6.07) is 15.9. The molecule has 0 bridgehead atoms. The van der Waals surface area contributed by atoms with E-state index in [2.05, 4.69) is 31.0 Å². The molecule has 3 nitrogen and oxygen atoms in total. The summed E-state index contributed by atoms with van der Waals surface area (Å²) in [5.74, 6) is 0.790. The molecular weight excluding hydrogens is 280 g/mol. The van der Waals surface area contributed by atoms with Crippen LogP contribution in [0.15, 0.2) is 48.5 Å². The molecule has 2 rings (SSSR count). The van der Waals surface area contributed by atoms with Gasteiger partial charge in [-0.05, 0) is 30.7 Å². The third kappa shape index (κ3) is 4.20. The summed E-state index contributed by atoms with van der Waals surface area (Å²) < 4.78 is 5.77. The van der Waals surface area contributed by atoms with Crippen molar-refractivity contribution in [2.75, 3.05) is 25.1 Å². The van der Waals surface area contributed by atoms with Gasteiger partial charge in [0, 0.05) is 18.3 Å². The van der Waals surface area contributed by atoms with Gasteiger partial charge < -0.3 is 15.4 Å². The molecule has 2 aromatic rings. The highest BCUT2D eigenvalue weighted by molar-refractivity contribution is 7.80. The third-order valence-electron chi connectivity index (χ3n) is 3.34. The van der Waals surface area contributed by atoms with Gasteiger partial charge in [0.1, 0.15) is 17.3 Å². The normalized spacial score (nSPS) is 10.2. The molecule has 0 aliphatic rings. The smallest absolute Gasteiger partial charge is 0.120 e. The molecule has 0 aliphatic carbocycles. The molecule has 0 radical (unpaired) electrons. The summed E-state index contributed by atoms with van der Waals surface area (Å²) >= 11 is 4.97. The quantitative estimate of drug-likeness (QED) is 0.832. The van der Waals surface area contributed by atoms with Gasteiger partial charge in [-0.3, -0.25) is 0 Å². The Kier molecular flexibility index (Phi) is 5.17. The van der Waals surface area contributed by atoms with Gasteiger partial charge in [-0.2, -0.15) is 0 Å². The second-order valence-electron chi connectivity index (χ2n) is 4.95. The average Bonchev–Trinajstić information content (AvgIpc) is 2.48. The Bertz CT molecular complexity index is 628. The maximum Gasteiger partial charge on any atom is 0.120 e. The number of thiocarbonyl (C=S) groups is 1. The SMILES string of the molecule is Cc1ccccc1N(C)CCOc1cccc(C(N)=S)c1. The fourth-order valence-corrected chi connectivity index (χ4v) is 2.28. The highest BCUT2D eigenvalue weighted by Gasteiger charge is 2.04. The van der Waals surface area contributed by atoms with Gasteiger partial charge in [-0.15, -0.1) is 0 Å². The molecule has 0 aliphatic heterocycles. The van der Waals surface area contributed by atoms with Crippen LogP contribution >= 0.6 is 12.2 Å². The summed E-state index contributed by atoms with van der Waals surface area (Å²) in [6.07, 6.45) is 0. The number of likely N-dealkylation sites (N-methyl/N-ethyl adjacent to an activating group) is 1. The van der Waals surface area contributed by atoms with Crippen LogP contribution in [-0.4, -0.2) is 25.2 Å². The zero-order chi connectivity index (χ0) is 15.2. The van der Waals surface area contributed by atoms with E-state index in [0.29, 0.717) is 11.6 Å². The van der Waals surface area contributed by atoms with Crippen molar-refractivity contribution in [1.29, 1.82) is 0 Å². The average molecular weight is 300 g/mol. The van der Waals surface area contributed by atoms with E-state index in [0.717, 1.165) is 17.9 Å². The Balaban J connectivity index is 1.91. The summed E-state index contributed by atoms with van der Waals surface area (Å²) in [4.78, 5) is 2.57. The fraction of sp³-hybridized carbons (Fsp3) is 0.235. The number of benzene rings is 2. The van der Waals surface area contributed by atoms with Crippen molar-refractivity contribution in [3.8, 4) is 5.75 Å². The maximum atomic E-state index is 5.77. The molecule has 21 heavy (non-hydrogen) atoms. The van der Waals surface area contributed by atoms with Crippen LogP contribution in [-0.2, 0) is 0 Å². The molecule has 2 N–H and O–H groups in total. The molecule has 4 heteroatoms. The number of hydrogen-bond donors (Lipinski definition) is 1. The highest BCUT2D eigenvalue weighted by atomic mass is 32.1. The Labute approximate surface area is 131 Å². The number of para-hydroxylation sites is 1. The van der Waals surface area contributed by atoms with E-state index in [1.165, 1.54) is 11.3 Å². The van der Waals surface area contributed by atoms with Crippen LogP contribution in [0.2, 0.25) is 0 Å². The first-order valence-corrected chi connectivity index (χ1v) is 7.28. The van der Waals surface area contributed by atoms with Crippen LogP contribution < -0.4 is 15.4 Å². The fourth-order valence-electron chi connectivity index (χ4n) is 2.15. The van der Waals surface area contributed by atoms with Crippen LogP contribution in [0.3, 0.4) is 0 Å². The molecule has 0 saturated heterocycles. The number of nitrogens with two attached hydrogens (primary N) is 1. The Morgan fingerprint density at radius 1 is 1.19 bits per heavy atom. The number of aryl methyl sites for hydroxylation is 1. The van der Waals surface area contributed by atoms with Crippen LogP contribution in [0.25, 0.3) is 0 Å². The predicted molar refractivity (Wildman–Crippen MR) is 92.3 cm³/mol. The molecule has 2 aromatic carbocycles. The van der Waals surface area contributed by atoms with Crippen LogP contribution in [0, 0.1) is 6.92 Å². The second kappa shape index (κ2) is 7.09. The first-order chi connectivity index (χ1) is 10.1. The first-order valence-electron chi connectivity index (χ1n) is 6.87. The summed E-state index contributed by atoms with van der Waals surface area (Å²) in [5, 5.41) is 0. The Morgan fingerprint density at radius 2 is 1.95 bits per heavy atom. The van der Waals surface area contributed by atoms with Crippen molar-refractivity contribution in [3.63, 3.8) is 0 Å². The van der Waals surface area contributed by atoms with Crippen LogP contribution in [0.4, 0.5) is 5.69 Å². The van der Waals surface area contributed by atoms with Crippen molar-refractivity contribution in [2.45, 2.75) is 6.92 Å². The minimum absolute atomic E-state index is 0.387. The zero-order valence-corrected chi connectivity index (χ0v) is 13.2. The molecule has 0 saturated carbocycles. The monoisotopic (exact) mass is 300 g/mol. The number of anilines is 1. The molecule has 0 heterocycles. The van der Waals surface area contributed by atoms with E-state index in [4.69, 9.17) is 22.7 Å². The lowest BCUT2D eigenvalue weighted by atomic mass is 10.2. The molecule has 0 atom stereocenters. The number of rotatable bonds is 6. The van der Waals surface area contributed by atoms with E-state index >= 15 is 0 Å². The van der Waals surface area contributed by atoms with Crippen molar-refractivity contribution < 1.29 is 4.74 Å². The minimum atomic E-state index is 0.387. The Hall–Kier alpha value is -2.07. The lowest BCUT2D eigenvalue weighted by Gasteiger charge is -2.21. The number of hydrogen-bond acceptors (Lipinski definition) is 3. The Morgan fingerprint density at radius 3 is 2.67 bits per heavy atom. The first kappa shape index (κ1) is 15.3. The minimum Gasteiger partial charge on any atom is -0.492 e. The standard InChI is InChI=1S/C17H20N2OS/c1-13-6-3-4-9-16(13)19(2)10-11-20-15-8-5-7-14(12-15)17(18)21/h3-9,12H,10-11H2,1-2H3,(H2,18,21). The van der Waals surface area contributed by atoms with Crippen molar-refractivity contribution in [1.82, 2.24) is 0 Å². The second-order valence-corrected chi connectivity index (χ2v) is 5.39. The summed E-state index contributed by atoms with van der Waals surface area (Å²) in [7, 11) is 2.07. The van der Waals surface area contributed by atoms with Crippen LogP contribution in [0.5, 0.6) is 5.75 Å². The van der Waals surface area contributed by atoms with Crippen molar-refractivity contribution in [2.24, 2.45) is 5.73 Å². The molecule has 0 fully saturated rings. The largest absolute Gasteiger partial charge is 0.492 e. The molecule has 0 spiro atoms. The van der Waals surface area contributed by atoms with Gasteiger partial charge >= 0.3 is 0 Å². The topological polar surface area (TPSA) is 38.5 Å². The van der Waals surface area contributed by atoms with Gasteiger partial charge in [-0.1, -0.05) is 42.5 Å². The predicted octanol–water partition coefficient (Wildman–Crippen LogP) is 3.14. The van der Waals surface area contributed by atoms with E-state index in [1.807, 2.05) is 36.4 Å². The van der Waals surface area contributed by atoms with Crippen LogP contribution in [0.1, 0.15) is 11.1 Å². The van der Waals surface area contributed by atoms with E-state index in [-0.39, 0.29) is 0 Å². The van der Waals surface area contributed by atoms with E-state index < -0.39 is 0 Å². The molecule has 110 valence electrons. The summed E-state index contributed by atoms with van der Waals surface area (Å²) in [5.41, 5.74) is 8.93. The molecule has 0 aromatic heterocycles. The van der Waals surface area contributed by atoms with E-state index in [9.17, 15) is 0 Å². The van der Waals surface area contributed by atoms with Gasteiger partial charge in [0.15, 0.2) is 0 Å². The lowest BCUT2D eigenvalue weighted by Crippen LogP contribution is -2.24. The lowest BCUT2D eigenvalue weighted by molar-refractivity contribution is 0.326. The van der Waals surface area contributed by atoms with Gasteiger partial charge in [-0.25, -0.2) is 0 Å². The van der Waals surface area contributed by atoms with E-state index in [1.54, 1.807) is 0 Å². The van der Waals surface area contributed by atoms with Gasteiger partial charge in [0.2, 0.25) is 0 Å². The molecule has 0 unspecified atom stereocenters. The van der Waals surface area contributed by atoms with Gasteiger partial charge in [0.05, 0.1) is 6.54 Å². The summed E-state index contributed by atoms with van der Waals surface area (Å²) in [6.45, 7) is 3.52. The van der Waals surface area contributed by atoms with Crippen molar-refractivity contribution in [3.05, 3.63) is 59.7 Å². The maximum absolute atomic E-state index is 5.77. The number of ether oxygens (including phenoxy) is 1. The number of nitrogens with zero attached hydrogens (tertiary/aromatic N) is 1. The highest BCUT2D eigenvalue weighted by Crippen LogP contribution is 2.18.